The first kappa shape index (κ1) is 11.0. The third-order valence-electron chi connectivity index (χ3n) is 2.58. The third kappa shape index (κ3) is 4.07. The van der Waals surface area contributed by atoms with Crippen molar-refractivity contribution in [3.63, 3.8) is 0 Å². The molecule has 0 aromatic rings. The SMILES string of the molecule is CCC(COC)NN1CCCCC1. The Morgan fingerprint density at radius 1 is 1.31 bits per heavy atom. The summed E-state index contributed by atoms with van der Waals surface area (Å²) in [7, 11) is 1.76. The van der Waals surface area contributed by atoms with Crippen molar-refractivity contribution < 1.29 is 4.74 Å². The van der Waals surface area contributed by atoms with Gasteiger partial charge in [0.05, 0.1) is 6.61 Å². The van der Waals surface area contributed by atoms with Crippen molar-refractivity contribution in [1.82, 2.24) is 10.4 Å². The van der Waals surface area contributed by atoms with E-state index < -0.39 is 0 Å². The van der Waals surface area contributed by atoms with Gasteiger partial charge in [-0.3, -0.25) is 0 Å². The van der Waals surface area contributed by atoms with E-state index in [0.29, 0.717) is 6.04 Å². The predicted octanol–water partition coefficient (Wildman–Crippen LogP) is 1.40. The first-order chi connectivity index (χ1) is 6.36. The summed E-state index contributed by atoms with van der Waals surface area (Å²) >= 11 is 0. The molecule has 1 fully saturated rings. The number of nitrogens with zero attached hydrogens (tertiary/aromatic N) is 1. The Kier molecular flexibility index (Phi) is 5.35. The van der Waals surface area contributed by atoms with E-state index in [-0.39, 0.29) is 0 Å². The summed E-state index contributed by atoms with van der Waals surface area (Å²) in [5.74, 6) is 0. The predicted molar refractivity (Wildman–Crippen MR) is 54.5 cm³/mol. The van der Waals surface area contributed by atoms with E-state index in [4.69, 9.17) is 4.74 Å². The highest BCUT2D eigenvalue weighted by atomic mass is 16.5. The van der Waals surface area contributed by atoms with Gasteiger partial charge in [0.15, 0.2) is 0 Å². The van der Waals surface area contributed by atoms with Gasteiger partial charge in [-0.05, 0) is 19.3 Å². The number of rotatable bonds is 5. The second-order valence-corrected chi connectivity index (χ2v) is 3.74. The molecule has 0 bridgehead atoms. The molecule has 1 rings (SSSR count). The number of nitrogens with one attached hydrogen (secondary N) is 1. The van der Waals surface area contributed by atoms with Crippen molar-refractivity contribution in [2.24, 2.45) is 0 Å². The molecule has 0 aromatic heterocycles. The Hall–Kier alpha value is -0.120. The van der Waals surface area contributed by atoms with Gasteiger partial charge in [-0.1, -0.05) is 13.3 Å². The number of hydrogen-bond donors (Lipinski definition) is 1. The molecule has 1 aliphatic rings. The fraction of sp³-hybridized carbons (Fsp3) is 1.00. The van der Waals surface area contributed by atoms with Crippen molar-refractivity contribution >= 4 is 0 Å². The van der Waals surface area contributed by atoms with Gasteiger partial charge in [-0.15, -0.1) is 0 Å². The molecule has 3 nitrogen and oxygen atoms in total. The van der Waals surface area contributed by atoms with Crippen molar-refractivity contribution in [2.45, 2.75) is 38.6 Å². The minimum Gasteiger partial charge on any atom is -0.383 e. The maximum absolute atomic E-state index is 5.15. The molecule has 1 saturated heterocycles. The van der Waals surface area contributed by atoms with E-state index in [2.05, 4.69) is 17.4 Å². The number of piperidine rings is 1. The number of methoxy groups -OCH3 is 1. The van der Waals surface area contributed by atoms with Gasteiger partial charge in [0.2, 0.25) is 0 Å². The average molecular weight is 186 g/mol. The minimum atomic E-state index is 0.489. The molecule has 13 heavy (non-hydrogen) atoms. The maximum atomic E-state index is 5.15. The van der Waals surface area contributed by atoms with Crippen LogP contribution in [0.4, 0.5) is 0 Å². The van der Waals surface area contributed by atoms with Crippen LogP contribution in [0.3, 0.4) is 0 Å². The molecule has 0 saturated carbocycles. The van der Waals surface area contributed by atoms with Gasteiger partial charge in [-0.2, -0.15) is 0 Å². The number of ether oxygens (including phenoxy) is 1. The van der Waals surface area contributed by atoms with Gasteiger partial charge in [0, 0.05) is 26.2 Å². The molecule has 0 amide bonds. The number of hydrogen-bond acceptors (Lipinski definition) is 3. The summed E-state index contributed by atoms with van der Waals surface area (Å²) in [6.07, 6.45) is 5.18. The Balaban J connectivity index is 2.18. The van der Waals surface area contributed by atoms with Crippen LogP contribution in [0.2, 0.25) is 0 Å². The molecule has 0 spiro atoms. The highest BCUT2D eigenvalue weighted by Crippen LogP contribution is 2.07. The summed E-state index contributed by atoms with van der Waals surface area (Å²) < 4.78 is 5.15. The van der Waals surface area contributed by atoms with E-state index >= 15 is 0 Å². The van der Waals surface area contributed by atoms with Crippen LogP contribution in [0.25, 0.3) is 0 Å². The lowest BCUT2D eigenvalue weighted by molar-refractivity contribution is 0.0816. The molecule has 3 heteroatoms. The summed E-state index contributed by atoms with van der Waals surface area (Å²) in [5, 5.41) is 2.34. The van der Waals surface area contributed by atoms with Gasteiger partial charge in [0.1, 0.15) is 0 Å². The first-order valence-corrected chi connectivity index (χ1v) is 5.37. The molecule has 78 valence electrons. The molecule has 0 aliphatic carbocycles. The zero-order valence-corrected chi connectivity index (χ0v) is 8.88. The van der Waals surface area contributed by atoms with Crippen LogP contribution in [-0.2, 0) is 4.74 Å². The normalized spacial score (nSPS) is 21.7. The minimum absolute atomic E-state index is 0.489. The fourth-order valence-corrected chi connectivity index (χ4v) is 1.73. The second kappa shape index (κ2) is 6.35. The Bertz CT molecular complexity index is 121. The van der Waals surface area contributed by atoms with Crippen LogP contribution >= 0.6 is 0 Å². The van der Waals surface area contributed by atoms with Crippen molar-refractivity contribution in [3.05, 3.63) is 0 Å². The molecule has 0 aromatic carbocycles. The van der Waals surface area contributed by atoms with Crippen molar-refractivity contribution in [3.8, 4) is 0 Å². The molecule has 1 heterocycles. The average Bonchev–Trinajstić information content (AvgIpc) is 2.19. The van der Waals surface area contributed by atoms with Gasteiger partial charge in [0.25, 0.3) is 0 Å². The third-order valence-corrected chi connectivity index (χ3v) is 2.58. The zero-order chi connectivity index (χ0) is 9.52. The maximum Gasteiger partial charge on any atom is 0.0629 e. The number of hydrazine groups is 1. The lowest BCUT2D eigenvalue weighted by Gasteiger charge is -2.31. The molecular formula is C10H22N2O. The molecule has 1 unspecified atom stereocenters. The van der Waals surface area contributed by atoms with Crippen LogP contribution in [0, 0.1) is 0 Å². The summed E-state index contributed by atoms with van der Waals surface area (Å²) in [6, 6.07) is 0.489. The van der Waals surface area contributed by atoms with Crippen LogP contribution in [0.15, 0.2) is 0 Å². The Morgan fingerprint density at radius 3 is 2.54 bits per heavy atom. The van der Waals surface area contributed by atoms with E-state index in [1.54, 1.807) is 7.11 Å². The lowest BCUT2D eigenvalue weighted by atomic mass is 10.1. The van der Waals surface area contributed by atoms with Crippen molar-refractivity contribution in [1.29, 1.82) is 0 Å². The van der Waals surface area contributed by atoms with Gasteiger partial charge < -0.3 is 4.74 Å². The zero-order valence-electron chi connectivity index (χ0n) is 8.88. The van der Waals surface area contributed by atoms with Gasteiger partial charge >= 0.3 is 0 Å². The van der Waals surface area contributed by atoms with Crippen LogP contribution in [-0.4, -0.2) is 37.9 Å². The molecule has 1 atom stereocenters. The first-order valence-electron chi connectivity index (χ1n) is 5.37. The van der Waals surface area contributed by atoms with Gasteiger partial charge in [-0.25, -0.2) is 10.4 Å². The largest absolute Gasteiger partial charge is 0.383 e. The fourth-order valence-electron chi connectivity index (χ4n) is 1.73. The molecule has 1 N–H and O–H groups in total. The quantitative estimate of drug-likeness (QED) is 0.702. The summed E-state index contributed by atoms with van der Waals surface area (Å²) in [5.41, 5.74) is 3.51. The van der Waals surface area contributed by atoms with E-state index in [9.17, 15) is 0 Å². The van der Waals surface area contributed by atoms with Crippen LogP contribution in [0.1, 0.15) is 32.6 Å². The smallest absolute Gasteiger partial charge is 0.0629 e. The lowest BCUT2D eigenvalue weighted by Crippen LogP contribution is -2.48. The topological polar surface area (TPSA) is 24.5 Å². The molecule has 1 aliphatic heterocycles. The highest BCUT2D eigenvalue weighted by Gasteiger charge is 2.13. The highest BCUT2D eigenvalue weighted by molar-refractivity contribution is 4.66. The van der Waals surface area contributed by atoms with Crippen molar-refractivity contribution in [2.75, 3.05) is 26.8 Å². The second-order valence-electron chi connectivity index (χ2n) is 3.74. The van der Waals surface area contributed by atoms with E-state index in [1.807, 2.05) is 0 Å². The summed E-state index contributed by atoms with van der Waals surface area (Å²) in [6.45, 7) is 5.40. The monoisotopic (exact) mass is 186 g/mol. The van der Waals surface area contributed by atoms with E-state index in [0.717, 1.165) is 13.0 Å². The van der Waals surface area contributed by atoms with Crippen LogP contribution < -0.4 is 5.43 Å². The standard InChI is InChI=1S/C10H22N2O/c1-3-10(9-13-2)11-12-7-5-4-6-8-12/h10-11H,3-9H2,1-2H3. The summed E-state index contributed by atoms with van der Waals surface area (Å²) in [4.78, 5) is 0. The van der Waals surface area contributed by atoms with Crippen LogP contribution in [0.5, 0.6) is 0 Å². The molecular weight excluding hydrogens is 164 g/mol. The van der Waals surface area contributed by atoms with E-state index in [1.165, 1.54) is 32.4 Å². The Morgan fingerprint density at radius 2 is 2.00 bits per heavy atom. The Labute approximate surface area is 81.4 Å². The molecule has 0 radical (unpaired) electrons.